The highest BCUT2D eigenvalue weighted by Crippen LogP contribution is 2.37. The zero-order valence-electron chi connectivity index (χ0n) is 19.6. The fourth-order valence-electron chi connectivity index (χ4n) is 4.62. The van der Waals surface area contributed by atoms with E-state index in [0.717, 1.165) is 60.4 Å². The van der Waals surface area contributed by atoms with Gasteiger partial charge in [0.05, 0.1) is 16.1 Å². The van der Waals surface area contributed by atoms with Crippen molar-refractivity contribution in [3.63, 3.8) is 0 Å². The van der Waals surface area contributed by atoms with Crippen LogP contribution in [0.3, 0.4) is 0 Å². The number of halogens is 1. The Balaban J connectivity index is 1.26. The van der Waals surface area contributed by atoms with Crippen LogP contribution in [0.25, 0.3) is 20.7 Å². The molecule has 180 valence electrons. The summed E-state index contributed by atoms with van der Waals surface area (Å²) < 4.78 is 1.04. The Morgan fingerprint density at radius 2 is 2.06 bits per heavy atom. The van der Waals surface area contributed by atoms with E-state index >= 15 is 0 Å². The van der Waals surface area contributed by atoms with Crippen molar-refractivity contribution in [2.45, 2.75) is 51.2 Å². The number of carbonyl (C=O) groups is 1. The molecule has 2 unspecified atom stereocenters. The molecule has 1 amide bonds. The molecular weight excluding hydrogens is 468 g/mol. The highest BCUT2D eigenvalue weighted by molar-refractivity contribution is 7.22. The first kappa shape index (κ1) is 23.5. The van der Waals surface area contributed by atoms with E-state index in [-0.39, 0.29) is 5.91 Å². The lowest BCUT2D eigenvalue weighted by Gasteiger charge is -2.36. The normalized spacial score (nSPS) is 21.0. The fourth-order valence-corrected chi connectivity index (χ4v) is 5.96. The van der Waals surface area contributed by atoms with Crippen LogP contribution in [-0.2, 0) is 0 Å². The van der Waals surface area contributed by atoms with E-state index in [1.165, 1.54) is 0 Å². The summed E-state index contributed by atoms with van der Waals surface area (Å²) in [6, 6.07) is 9.24. The Morgan fingerprint density at radius 1 is 1.26 bits per heavy atom. The summed E-state index contributed by atoms with van der Waals surface area (Å²) in [7, 11) is 0. The number of carbonyl (C=O) groups excluding carboxylic acids is 1. The minimum Gasteiger partial charge on any atom is -0.354 e. The number of anilines is 1. The number of fused-ring (bicyclic) bond motifs is 1. The van der Waals surface area contributed by atoms with E-state index in [0.29, 0.717) is 40.4 Å². The Labute approximate surface area is 209 Å². The summed E-state index contributed by atoms with van der Waals surface area (Å²) in [6.07, 6.45) is 4.80. The molecule has 0 spiro atoms. The molecule has 2 aromatic heterocycles. The number of hydrogen-bond donors (Lipinski definition) is 3. The Hall–Kier alpha value is -2.26. The van der Waals surface area contributed by atoms with Crippen LogP contribution in [0.2, 0.25) is 5.02 Å². The largest absolute Gasteiger partial charge is 0.354 e. The molecule has 2 atom stereocenters. The van der Waals surface area contributed by atoms with Crippen molar-refractivity contribution in [1.29, 1.82) is 0 Å². The zero-order chi connectivity index (χ0) is 23.7. The number of aromatic nitrogens is 2. The summed E-state index contributed by atoms with van der Waals surface area (Å²) in [5.74, 6) is 0.562. The first-order valence-electron chi connectivity index (χ1n) is 12.0. The number of hydrogen-bond acceptors (Lipinski definition) is 7. The van der Waals surface area contributed by atoms with Crippen molar-refractivity contribution < 1.29 is 4.79 Å². The van der Waals surface area contributed by atoms with E-state index in [9.17, 15) is 4.79 Å². The molecule has 1 aliphatic carbocycles. The molecule has 0 bridgehead atoms. The molecular formula is C25H31ClN6OS. The van der Waals surface area contributed by atoms with Crippen molar-refractivity contribution >= 4 is 44.9 Å². The van der Waals surface area contributed by atoms with Gasteiger partial charge < -0.3 is 20.9 Å². The summed E-state index contributed by atoms with van der Waals surface area (Å²) in [5.41, 5.74) is 1.39. The summed E-state index contributed by atoms with van der Waals surface area (Å²) in [5, 5.41) is 11.4. The molecule has 34 heavy (non-hydrogen) atoms. The van der Waals surface area contributed by atoms with Gasteiger partial charge in [0.1, 0.15) is 5.69 Å². The van der Waals surface area contributed by atoms with Gasteiger partial charge in [0, 0.05) is 53.4 Å². The minimum absolute atomic E-state index is 0.0122. The van der Waals surface area contributed by atoms with Crippen molar-refractivity contribution in [1.82, 2.24) is 25.5 Å². The lowest BCUT2D eigenvalue weighted by molar-refractivity contribution is 0.0952. The van der Waals surface area contributed by atoms with Gasteiger partial charge in [-0.1, -0.05) is 17.7 Å². The average molecular weight is 499 g/mol. The number of rotatable bonds is 8. The summed E-state index contributed by atoms with van der Waals surface area (Å²) >= 11 is 8.08. The van der Waals surface area contributed by atoms with Gasteiger partial charge in [-0.3, -0.25) is 4.79 Å². The van der Waals surface area contributed by atoms with Crippen LogP contribution in [0.1, 0.15) is 43.5 Å². The average Bonchev–Trinajstić information content (AvgIpc) is 3.50. The SMILES string of the molecule is CC1CN(CCCNc2ncc(Cl)c(-c3cc4c(C(=O)NC5CC5)cccc4s3)n2)CC(C)N1. The van der Waals surface area contributed by atoms with Crippen LogP contribution in [0.4, 0.5) is 5.95 Å². The van der Waals surface area contributed by atoms with Crippen molar-refractivity contribution in [3.8, 4) is 10.6 Å². The third-order valence-electron chi connectivity index (χ3n) is 6.26. The first-order valence-corrected chi connectivity index (χ1v) is 13.2. The number of piperazine rings is 1. The van der Waals surface area contributed by atoms with Crippen molar-refractivity contribution in [3.05, 3.63) is 41.0 Å². The maximum atomic E-state index is 12.7. The topological polar surface area (TPSA) is 82.2 Å². The van der Waals surface area contributed by atoms with Crippen LogP contribution in [0.15, 0.2) is 30.5 Å². The second-order valence-electron chi connectivity index (χ2n) is 9.47. The number of thiophene rings is 1. The number of nitrogens with zero attached hydrogens (tertiary/aromatic N) is 3. The molecule has 5 rings (SSSR count). The van der Waals surface area contributed by atoms with E-state index in [1.807, 2.05) is 24.3 Å². The van der Waals surface area contributed by atoms with Gasteiger partial charge in [0.2, 0.25) is 5.95 Å². The lowest BCUT2D eigenvalue weighted by Crippen LogP contribution is -2.54. The Morgan fingerprint density at radius 3 is 2.82 bits per heavy atom. The molecule has 1 saturated heterocycles. The maximum Gasteiger partial charge on any atom is 0.252 e. The molecule has 7 nitrogen and oxygen atoms in total. The third kappa shape index (κ3) is 5.51. The van der Waals surface area contributed by atoms with Crippen LogP contribution in [0, 0.1) is 0 Å². The van der Waals surface area contributed by atoms with Crippen molar-refractivity contribution in [2.75, 3.05) is 31.5 Å². The van der Waals surface area contributed by atoms with Gasteiger partial charge in [-0.25, -0.2) is 9.97 Å². The predicted molar refractivity (Wildman–Crippen MR) is 140 cm³/mol. The van der Waals surface area contributed by atoms with E-state index in [4.69, 9.17) is 16.6 Å². The van der Waals surface area contributed by atoms with Crippen molar-refractivity contribution in [2.24, 2.45) is 0 Å². The van der Waals surface area contributed by atoms with Gasteiger partial charge >= 0.3 is 0 Å². The van der Waals surface area contributed by atoms with Gasteiger partial charge in [0.25, 0.3) is 5.91 Å². The lowest BCUT2D eigenvalue weighted by atomic mass is 10.1. The monoisotopic (exact) mass is 498 g/mol. The van der Waals surface area contributed by atoms with E-state index in [2.05, 4.69) is 39.7 Å². The molecule has 3 N–H and O–H groups in total. The molecule has 1 saturated carbocycles. The number of benzene rings is 1. The van der Waals surface area contributed by atoms with Crippen LogP contribution in [-0.4, -0.2) is 65.1 Å². The molecule has 0 radical (unpaired) electrons. The van der Waals surface area contributed by atoms with Gasteiger partial charge in [-0.05, 0) is 57.9 Å². The molecule has 3 heterocycles. The standard InChI is InChI=1S/C25H31ClN6OS/c1-15-13-32(14-16(2)29-15)10-4-9-27-25-28-12-20(26)23(31-25)22-11-19-18(5-3-6-21(19)34-22)24(33)30-17-7-8-17/h3,5-6,11-12,15-17,29H,4,7-10,13-14H2,1-2H3,(H,30,33)(H,27,28,31). The highest BCUT2D eigenvalue weighted by Gasteiger charge is 2.25. The van der Waals surface area contributed by atoms with Gasteiger partial charge in [-0.2, -0.15) is 0 Å². The second kappa shape index (κ2) is 10.2. The Bertz CT molecular complexity index is 1170. The molecule has 1 aromatic carbocycles. The third-order valence-corrected chi connectivity index (χ3v) is 7.65. The molecule has 2 fully saturated rings. The number of amides is 1. The van der Waals surface area contributed by atoms with Crippen LogP contribution < -0.4 is 16.0 Å². The predicted octanol–water partition coefficient (Wildman–Crippen LogP) is 4.39. The smallest absolute Gasteiger partial charge is 0.252 e. The fraction of sp³-hybridized carbons (Fsp3) is 0.480. The molecule has 3 aromatic rings. The zero-order valence-corrected chi connectivity index (χ0v) is 21.2. The van der Waals surface area contributed by atoms with Crippen LogP contribution in [0.5, 0.6) is 0 Å². The Kier molecular flexibility index (Phi) is 7.01. The minimum atomic E-state index is -0.0122. The second-order valence-corrected chi connectivity index (χ2v) is 11.0. The molecule has 2 aliphatic rings. The maximum absolute atomic E-state index is 12.7. The quantitative estimate of drug-likeness (QED) is 0.400. The van der Waals surface area contributed by atoms with Gasteiger partial charge in [-0.15, -0.1) is 11.3 Å². The van der Waals surface area contributed by atoms with E-state index in [1.54, 1.807) is 17.5 Å². The first-order chi connectivity index (χ1) is 16.5. The number of nitrogens with one attached hydrogen (secondary N) is 3. The highest BCUT2D eigenvalue weighted by atomic mass is 35.5. The van der Waals surface area contributed by atoms with Gasteiger partial charge in [0.15, 0.2) is 0 Å². The summed E-state index contributed by atoms with van der Waals surface area (Å²) in [4.78, 5) is 25.2. The summed E-state index contributed by atoms with van der Waals surface area (Å²) in [6.45, 7) is 8.48. The van der Waals surface area contributed by atoms with Crippen LogP contribution >= 0.6 is 22.9 Å². The van der Waals surface area contributed by atoms with E-state index < -0.39 is 0 Å². The molecule has 9 heteroatoms. The molecule has 1 aliphatic heterocycles.